The van der Waals surface area contributed by atoms with Crippen LogP contribution >= 0.6 is 0 Å². The number of aryl methyl sites for hydroxylation is 6. The fraction of sp³-hybridized carbons (Fsp3) is 0.327. The lowest BCUT2D eigenvalue weighted by atomic mass is 9.85. The fourth-order valence-corrected chi connectivity index (χ4v) is 9.32. The van der Waals surface area contributed by atoms with Gasteiger partial charge in [-0.2, -0.15) is 20.2 Å². The molecule has 10 rings (SSSR count). The summed E-state index contributed by atoms with van der Waals surface area (Å²) in [4.78, 5) is 32.7. The average molecular weight is 897 g/mol. The third-order valence-corrected chi connectivity index (χ3v) is 13.0. The number of para-hydroxylation sites is 2. The topological polar surface area (TPSA) is 168 Å². The van der Waals surface area contributed by atoms with Gasteiger partial charge in [-0.1, -0.05) is 48.5 Å². The number of hydrogen-bond acceptors (Lipinski definition) is 12. The zero-order chi connectivity index (χ0) is 47.4. The quantitative estimate of drug-likeness (QED) is 0.0981. The highest BCUT2D eigenvalue weighted by atomic mass is 16.2. The van der Waals surface area contributed by atoms with Gasteiger partial charge in [-0.25, -0.2) is 19.3 Å². The minimum atomic E-state index is -0.190. The number of aromatic nitrogens is 8. The van der Waals surface area contributed by atoms with E-state index in [1.807, 2.05) is 37.3 Å². The van der Waals surface area contributed by atoms with Gasteiger partial charge >= 0.3 is 0 Å². The molecule has 0 unspecified atom stereocenters. The van der Waals surface area contributed by atoms with Crippen molar-refractivity contribution < 1.29 is 4.79 Å². The van der Waals surface area contributed by atoms with Crippen molar-refractivity contribution in [3.8, 4) is 0 Å². The SMILES string of the molecule is CC(=O)N1Cc2cc(Nc3ncc4c(Nc5c(C)cccc5C)nn(C)c4n3)ccc2CC1(C)C.Cc1cccc(C)c1Nc1nn(C)c2nc(Nc3ccc4c(c3)CNC(C)(C)C4)ncc12. The van der Waals surface area contributed by atoms with Crippen molar-refractivity contribution in [3.63, 3.8) is 0 Å². The van der Waals surface area contributed by atoms with E-state index in [-0.39, 0.29) is 17.0 Å². The number of carbonyl (C=O) groups is 1. The van der Waals surface area contributed by atoms with Gasteiger partial charge in [0.25, 0.3) is 0 Å². The van der Waals surface area contributed by atoms with Crippen LogP contribution in [0.5, 0.6) is 0 Å². The molecule has 0 saturated carbocycles. The molecule has 0 saturated heterocycles. The highest BCUT2D eigenvalue weighted by Gasteiger charge is 2.34. The van der Waals surface area contributed by atoms with Gasteiger partial charge < -0.3 is 31.5 Å². The molecule has 6 heterocycles. The van der Waals surface area contributed by atoms with Gasteiger partial charge in [0.15, 0.2) is 22.9 Å². The molecule has 0 fully saturated rings. The van der Waals surface area contributed by atoms with E-state index in [1.165, 1.54) is 27.8 Å². The Balaban J connectivity index is 0.000000169. The van der Waals surface area contributed by atoms with Gasteiger partial charge in [0.1, 0.15) is 0 Å². The molecule has 4 aromatic heterocycles. The van der Waals surface area contributed by atoms with E-state index in [4.69, 9.17) is 9.97 Å². The first kappa shape index (κ1) is 44.8. The monoisotopic (exact) mass is 897 g/mol. The number of anilines is 8. The molecule has 0 bridgehead atoms. The second-order valence-electron chi connectivity index (χ2n) is 19.3. The molecule has 8 aromatic rings. The Morgan fingerprint density at radius 3 is 1.55 bits per heavy atom. The number of amides is 1. The molecule has 0 spiro atoms. The van der Waals surface area contributed by atoms with Crippen molar-refractivity contribution in [1.29, 1.82) is 0 Å². The number of hydrogen-bond donors (Lipinski definition) is 5. The average Bonchev–Trinajstić information content (AvgIpc) is 3.76. The van der Waals surface area contributed by atoms with E-state index in [9.17, 15) is 4.79 Å². The Bertz CT molecular complexity index is 3160. The zero-order valence-corrected chi connectivity index (χ0v) is 40.3. The number of nitrogens with zero attached hydrogens (tertiary/aromatic N) is 9. The van der Waals surface area contributed by atoms with E-state index in [1.54, 1.807) is 22.5 Å². The van der Waals surface area contributed by atoms with Crippen LogP contribution < -0.4 is 26.6 Å². The maximum absolute atomic E-state index is 12.2. The summed E-state index contributed by atoms with van der Waals surface area (Å²) in [5.74, 6) is 2.64. The third-order valence-electron chi connectivity index (χ3n) is 13.0. The number of fused-ring (bicyclic) bond motifs is 4. The van der Waals surface area contributed by atoms with Crippen LogP contribution in [0.3, 0.4) is 0 Å². The van der Waals surface area contributed by atoms with Crippen LogP contribution in [0.25, 0.3) is 22.1 Å². The van der Waals surface area contributed by atoms with E-state index in [2.05, 4.69) is 163 Å². The predicted molar refractivity (Wildman–Crippen MR) is 269 cm³/mol. The molecule has 5 N–H and O–H groups in total. The molecule has 2 aliphatic rings. The summed E-state index contributed by atoms with van der Waals surface area (Å²) >= 11 is 0. The van der Waals surface area contributed by atoms with E-state index in [0.717, 1.165) is 92.5 Å². The highest BCUT2D eigenvalue weighted by molar-refractivity contribution is 5.91. The summed E-state index contributed by atoms with van der Waals surface area (Å²) in [5, 5.41) is 28.3. The second-order valence-corrected chi connectivity index (χ2v) is 19.3. The van der Waals surface area contributed by atoms with Gasteiger partial charge in [0.2, 0.25) is 17.8 Å². The highest BCUT2D eigenvalue weighted by Crippen LogP contribution is 2.35. The molecule has 15 nitrogen and oxygen atoms in total. The maximum atomic E-state index is 12.2. The first-order valence-electron chi connectivity index (χ1n) is 22.8. The maximum Gasteiger partial charge on any atom is 0.229 e. The van der Waals surface area contributed by atoms with Crippen molar-refractivity contribution in [2.24, 2.45) is 14.1 Å². The lowest BCUT2D eigenvalue weighted by molar-refractivity contribution is -0.135. The molecule has 0 atom stereocenters. The van der Waals surface area contributed by atoms with E-state index >= 15 is 0 Å². The number of carbonyl (C=O) groups excluding carboxylic acids is 1. The largest absolute Gasteiger partial charge is 0.338 e. The van der Waals surface area contributed by atoms with Crippen LogP contribution in [0.15, 0.2) is 85.2 Å². The van der Waals surface area contributed by atoms with Crippen LogP contribution in [-0.2, 0) is 44.8 Å². The van der Waals surface area contributed by atoms with Crippen molar-refractivity contribution in [3.05, 3.63) is 130 Å². The van der Waals surface area contributed by atoms with Crippen molar-refractivity contribution in [1.82, 2.24) is 49.7 Å². The van der Waals surface area contributed by atoms with Gasteiger partial charge in [-0.05, 0) is 137 Å². The van der Waals surface area contributed by atoms with E-state index < -0.39 is 0 Å². The number of nitrogens with one attached hydrogen (secondary N) is 5. The Kier molecular flexibility index (Phi) is 11.7. The molecule has 4 aromatic carbocycles. The van der Waals surface area contributed by atoms with E-state index in [0.29, 0.717) is 18.4 Å². The number of rotatable bonds is 8. The standard InChI is InChI=1S/C27H31N7O.C25H29N7/c1-16-8-7-9-17(2)23(16)30-24-22-14-28-26(31-25(22)33(6)32-24)29-21-11-10-19-13-27(4,5)34(18(3)35)15-20(19)12-21;1-15-7-6-8-16(2)21(15)29-22-20-14-26-24(30-23(20)32(5)31-22)28-19-10-9-17-12-25(3,4)27-13-18(17)11-19/h7-12,14H,13,15H2,1-6H3,(H,30,32)(H,28,29,31);6-11,14,27H,12-13H2,1-5H3,(H,29,31)(H,26,28,30). The summed E-state index contributed by atoms with van der Waals surface area (Å²) < 4.78 is 3.55. The Morgan fingerprint density at radius 2 is 1.07 bits per heavy atom. The third kappa shape index (κ3) is 9.24. The first-order valence-corrected chi connectivity index (χ1v) is 22.8. The minimum Gasteiger partial charge on any atom is -0.338 e. The van der Waals surface area contributed by atoms with Gasteiger partial charge in [-0.15, -0.1) is 0 Å². The molecular weight excluding hydrogens is 837 g/mol. The molecule has 0 aliphatic carbocycles. The van der Waals surface area contributed by atoms with Crippen LogP contribution in [0.4, 0.5) is 46.3 Å². The molecule has 2 aliphatic heterocycles. The van der Waals surface area contributed by atoms with Crippen molar-refractivity contribution in [2.75, 3.05) is 21.3 Å². The molecule has 67 heavy (non-hydrogen) atoms. The summed E-state index contributed by atoms with van der Waals surface area (Å²) in [5.41, 5.74) is 15.2. The normalized spacial score (nSPS) is 14.8. The summed E-state index contributed by atoms with van der Waals surface area (Å²) in [6.07, 6.45) is 5.48. The van der Waals surface area contributed by atoms with Crippen molar-refractivity contribution >= 4 is 74.3 Å². The molecule has 344 valence electrons. The second kappa shape index (κ2) is 17.4. The lowest BCUT2D eigenvalue weighted by Crippen LogP contribution is -2.50. The molecule has 15 heteroatoms. The molecular formula is C52H60N14O. The summed E-state index contributed by atoms with van der Waals surface area (Å²) in [7, 11) is 3.79. The van der Waals surface area contributed by atoms with Crippen LogP contribution in [0.2, 0.25) is 0 Å². The van der Waals surface area contributed by atoms with Crippen LogP contribution in [0, 0.1) is 27.7 Å². The molecule has 1 amide bonds. The Labute approximate surface area is 391 Å². The number of benzene rings is 4. The molecule has 0 radical (unpaired) electrons. The smallest absolute Gasteiger partial charge is 0.229 e. The van der Waals surface area contributed by atoms with Gasteiger partial charge in [0, 0.05) is 80.3 Å². The van der Waals surface area contributed by atoms with Crippen molar-refractivity contribution in [2.45, 2.75) is 99.3 Å². The Hall–Kier alpha value is -7.39. The minimum absolute atomic E-state index is 0.0920. The van der Waals surface area contributed by atoms with Crippen LogP contribution in [0.1, 0.15) is 79.1 Å². The fourth-order valence-electron chi connectivity index (χ4n) is 9.32. The zero-order valence-electron chi connectivity index (χ0n) is 40.3. The Morgan fingerprint density at radius 1 is 0.612 bits per heavy atom. The van der Waals surface area contributed by atoms with Crippen LogP contribution in [-0.4, -0.2) is 61.4 Å². The lowest BCUT2D eigenvalue weighted by Gasteiger charge is -2.43. The first-order chi connectivity index (χ1) is 31.9. The predicted octanol–water partition coefficient (Wildman–Crippen LogP) is 10.0. The van der Waals surface area contributed by atoms with Gasteiger partial charge in [-0.3, -0.25) is 4.79 Å². The van der Waals surface area contributed by atoms with Gasteiger partial charge in [0.05, 0.1) is 10.8 Å². The summed E-state index contributed by atoms with van der Waals surface area (Å²) in [6, 6.07) is 25.2. The summed E-state index contributed by atoms with van der Waals surface area (Å²) in [6.45, 7) is 20.1.